The minimum atomic E-state index is -0.544. The minimum Gasteiger partial charge on any atom is -0.436 e. The maximum Gasteiger partial charge on any atom is 0.314 e. The Morgan fingerprint density at radius 3 is 2.55 bits per heavy atom. The normalized spacial score (nSPS) is 17.6. The number of nitrogens with zero attached hydrogens (tertiary/aromatic N) is 5. The van der Waals surface area contributed by atoms with Gasteiger partial charge in [0.15, 0.2) is 5.89 Å². The van der Waals surface area contributed by atoms with Crippen molar-refractivity contribution in [2.75, 3.05) is 4.90 Å². The van der Waals surface area contributed by atoms with Crippen LogP contribution in [0, 0.1) is 18.7 Å². The first-order chi connectivity index (χ1) is 18.5. The van der Waals surface area contributed by atoms with E-state index < -0.39 is 5.91 Å². The molecule has 0 bridgehead atoms. The molecule has 0 radical (unpaired) electrons. The first-order valence-corrected chi connectivity index (χ1v) is 12.1. The van der Waals surface area contributed by atoms with Crippen LogP contribution in [0.2, 0.25) is 0 Å². The Balaban J connectivity index is 1.35. The molecular weight excluding hydrogens is 485 g/mol. The monoisotopic (exact) mass is 507 g/mol. The zero-order valence-electron chi connectivity index (χ0n) is 20.4. The van der Waals surface area contributed by atoms with E-state index >= 15 is 0 Å². The van der Waals surface area contributed by atoms with Crippen molar-refractivity contribution in [3.63, 3.8) is 0 Å². The van der Waals surface area contributed by atoms with Crippen molar-refractivity contribution < 1.29 is 18.4 Å². The number of benzene rings is 3. The summed E-state index contributed by atoms with van der Waals surface area (Å²) in [7, 11) is 0. The second-order valence-corrected chi connectivity index (χ2v) is 9.09. The zero-order chi connectivity index (χ0) is 26.2. The van der Waals surface area contributed by atoms with Gasteiger partial charge in [0, 0.05) is 36.6 Å². The SMILES string of the molecule is Cc1ncc(C(=O)N=CC2CC(=O)N(c3ccc4c(cnn4-c4ccc(F)cc4)c3)[C@@H]2c2ccccc2)o1. The van der Waals surface area contributed by atoms with Gasteiger partial charge in [0.1, 0.15) is 5.82 Å². The lowest BCUT2D eigenvalue weighted by molar-refractivity contribution is -0.117. The van der Waals surface area contributed by atoms with Crippen LogP contribution < -0.4 is 4.90 Å². The number of aliphatic imine (C=N–C) groups is 1. The number of amides is 2. The fourth-order valence-corrected chi connectivity index (χ4v) is 4.89. The molecule has 1 aliphatic rings. The molecule has 0 spiro atoms. The van der Waals surface area contributed by atoms with E-state index in [2.05, 4.69) is 15.1 Å². The molecule has 2 aromatic heterocycles. The van der Waals surface area contributed by atoms with Crippen LogP contribution in [-0.4, -0.2) is 32.8 Å². The number of carbonyl (C=O) groups excluding carboxylic acids is 2. The molecule has 3 aromatic carbocycles. The first-order valence-electron chi connectivity index (χ1n) is 12.1. The van der Waals surface area contributed by atoms with Crippen LogP contribution in [0.5, 0.6) is 0 Å². The fourth-order valence-electron chi connectivity index (χ4n) is 4.89. The Hall–Kier alpha value is -4.92. The molecule has 188 valence electrons. The Morgan fingerprint density at radius 2 is 1.82 bits per heavy atom. The quantitative estimate of drug-likeness (QED) is 0.294. The van der Waals surface area contributed by atoms with Crippen molar-refractivity contribution >= 4 is 34.6 Å². The zero-order valence-corrected chi connectivity index (χ0v) is 20.4. The molecule has 0 saturated carbocycles. The molecule has 6 rings (SSSR count). The van der Waals surface area contributed by atoms with Crippen LogP contribution in [0.15, 0.2) is 94.6 Å². The van der Waals surface area contributed by atoms with Gasteiger partial charge in [-0.15, -0.1) is 0 Å². The molecule has 38 heavy (non-hydrogen) atoms. The maximum absolute atomic E-state index is 13.4. The Labute approximate surface area is 217 Å². The van der Waals surface area contributed by atoms with Gasteiger partial charge in [-0.3, -0.25) is 9.59 Å². The van der Waals surface area contributed by atoms with Gasteiger partial charge < -0.3 is 9.32 Å². The summed E-state index contributed by atoms with van der Waals surface area (Å²) in [5.74, 6) is -0.842. The largest absolute Gasteiger partial charge is 0.436 e. The van der Waals surface area contributed by atoms with Crippen LogP contribution >= 0.6 is 0 Å². The lowest BCUT2D eigenvalue weighted by Crippen LogP contribution is -2.29. The molecule has 0 N–H and O–H groups in total. The number of carbonyl (C=O) groups is 2. The maximum atomic E-state index is 13.4. The van der Waals surface area contributed by atoms with Crippen molar-refractivity contribution in [1.29, 1.82) is 0 Å². The van der Waals surface area contributed by atoms with Gasteiger partial charge in [-0.1, -0.05) is 30.3 Å². The number of anilines is 1. The molecule has 1 saturated heterocycles. The molecule has 5 aromatic rings. The summed E-state index contributed by atoms with van der Waals surface area (Å²) in [6.45, 7) is 1.65. The highest BCUT2D eigenvalue weighted by atomic mass is 19.1. The highest BCUT2D eigenvalue weighted by Crippen LogP contribution is 2.41. The van der Waals surface area contributed by atoms with E-state index in [-0.39, 0.29) is 35.9 Å². The summed E-state index contributed by atoms with van der Waals surface area (Å²) < 4.78 is 20.4. The summed E-state index contributed by atoms with van der Waals surface area (Å²) in [5, 5.41) is 5.30. The van der Waals surface area contributed by atoms with Crippen molar-refractivity contribution in [3.8, 4) is 5.69 Å². The van der Waals surface area contributed by atoms with E-state index in [1.54, 1.807) is 41.0 Å². The van der Waals surface area contributed by atoms with Crippen molar-refractivity contribution in [2.24, 2.45) is 10.9 Å². The molecule has 0 aliphatic carbocycles. The van der Waals surface area contributed by atoms with Gasteiger partial charge in [-0.2, -0.15) is 5.10 Å². The second kappa shape index (κ2) is 9.51. The number of hydrogen-bond donors (Lipinski definition) is 0. The minimum absolute atomic E-state index is 0.0554. The molecule has 3 heterocycles. The third-order valence-corrected chi connectivity index (χ3v) is 6.62. The summed E-state index contributed by atoms with van der Waals surface area (Å²) in [5.41, 5.74) is 3.20. The summed E-state index contributed by atoms with van der Waals surface area (Å²) in [6, 6.07) is 21.1. The number of aromatic nitrogens is 3. The first kappa shape index (κ1) is 23.5. The lowest BCUT2D eigenvalue weighted by Gasteiger charge is -2.27. The van der Waals surface area contributed by atoms with Crippen LogP contribution in [0.1, 0.15) is 34.5 Å². The second-order valence-electron chi connectivity index (χ2n) is 9.09. The van der Waals surface area contributed by atoms with Gasteiger partial charge in [-0.05, 0) is 48.0 Å². The van der Waals surface area contributed by atoms with Gasteiger partial charge >= 0.3 is 5.91 Å². The summed E-state index contributed by atoms with van der Waals surface area (Å²) >= 11 is 0. The number of halogens is 1. The molecule has 1 aliphatic heterocycles. The van der Waals surface area contributed by atoms with Gasteiger partial charge in [0.25, 0.3) is 0 Å². The van der Waals surface area contributed by atoms with E-state index in [0.29, 0.717) is 11.6 Å². The fraction of sp³-hybridized carbons (Fsp3) is 0.138. The van der Waals surface area contributed by atoms with Gasteiger partial charge in [0.05, 0.1) is 29.6 Å². The van der Waals surface area contributed by atoms with Crippen LogP contribution in [0.25, 0.3) is 16.6 Å². The van der Waals surface area contributed by atoms with Crippen LogP contribution in [-0.2, 0) is 4.79 Å². The molecule has 1 fully saturated rings. The van der Waals surface area contributed by atoms with Crippen molar-refractivity contribution in [2.45, 2.75) is 19.4 Å². The van der Waals surface area contributed by atoms with Crippen molar-refractivity contribution in [3.05, 3.63) is 108 Å². The predicted molar refractivity (Wildman–Crippen MR) is 140 cm³/mol. The summed E-state index contributed by atoms with van der Waals surface area (Å²) in [4.78, 5) is 35.7. The van der Waals surface area contributed by atoms with Crippen LogP contribution in [0.3, 0.4) is 0 Å². The molecular formula is C29H22FN5O3. The number of aryl methyl sites for hydroxylation is 1. The Morgan fingerprint density at radius 1 is 1.05 bits per heavy atom. The number of fused-ring (bicyclic) bond motifs is 1. The van der Waals surface area contributed by atoms with Gasteiger partial charge in [0.2, 0.25) is 11.7 Å². The van der Waals surface area contributed by atoms with E-state index in [1.807, 2.05) is 48.5 Å². The molecule has 9 heteroatoms. The number of rotatable bonds is 5. The van der Waals surface area contributed by atoms with Crippen molar-refractivity contribution in [1.82, 2.24) is 14.8 Å². The van der Waals surface area contributed by atoms with E-state index in [4.69, 9.17) is 4.42 Å². The van der Waals surface area contributed by atoms with Gasteiger partial charge in [-0.25, -0.2) is 19.0 Å². The van der Waals surface area contributed by atoms with E-state index in [9.17, 15) is 14.0 Å². The topological polar surface area (TPSA) is 93.6 Å². The van der Waals surface area contributed by atoms with Crippen LogP contribution in [0.4, 0.5) is 10.1 Å². The third-order valence-electron chi connectivity index (χ3n) is 6.62. The molecule has 8 nitrogen and oxygen atoms in total. The number of oxazole rings is 1. The molecule has 2 amide bonds. The lowest BCUT2D eigenvalue weighted by atomic mass is 9.94. The van der Waals surface area contributed by atoms with E-state index in [0.717, 1.165) is 22.2 Å². The predicted octanol–water partition coefficient (Wildman–Crippen LogP) is 5.47. The standard InChI is InChI=1S/C29H22FN5O3/c1-18-31-17-26(38-18)29(37)32-15-21-14-27(36)34(28(21)19-5-3-2-4-6-19)24-11-12-25-20(13-24)16-33-35(25)23-9-7-22(30)8-10-23/h2-13,15-17,21,28H,14H2,1H3/t21?,28-/m1/s1. The number of hydrogen-bond acceptors (Lipinski definition) is 5. The third kappa shape index (κ3) is 4.28. The average Bonchev–Trinajstić information content (AvgIpc) is 3.64. The molecule has 1 unspecified atom stereocenters. The highest BCUT2D eigenvalue weighted by molar-refractivity contribution is 6.03. The summed E-state index contributed by atoms with van der Waals surface area (Å²) in [6.07, 6.45) is 4.80. The Kier molecular flexibility index (Phi) is 5.88. The molecule has 2 atom stereocenters. The average molecular weight is 508 g/mol. The Bertz CT molecular complexity index is 1670. The smallest absolute Gasteiger partial charge is 0.314 e. The highest BCUT2D eigenvalue weighted by Gasteiger charge is 2.41. The van der Waals surface area contributed by atoms with E-state index in [1.165, 1.54) is 18.3 Å².